The second-order valence-corrected chi connectivity index (χ2v) is 7.34. The SMILES string of the molecule is CCC(N)Cc1ccc(Br)cc1N(C)CCc1cccs1. The Hall–Kier alpha value is -0.840. The molecule has 0 saturated heterocycles. The van der Waals surface area contributed by atoms with Crippen molar-refractivity contribution in [1.82, 2.24) is 0 Å². The Balaban J connectivity index is 2.10. The summed E-state index contributed by atoms with van der Waals surface area (Å²) in [4.78, 5) is 3.77. The Morgan fingerprint density at radius 2 is 2.14 bits per heavy atom. The van der Waals surface area contributed by atoms with Gasteiger partial charge < -0.3 is 10.6 Å². The second kappa shape index (κ2) is 7.97. The fraction of sp³-hybridized carbons (Fsp3) is 0.412. The number of thiophene rings is 1. The first-order valence-electron chi connectivity index (χ1n) is 7.37. The third kappa shape index (κ3) is 4.83. The molecule has 1 unspecified atom stereocenters. The Labute approximate surface area is 140 Å². The fourth-order valence-corrected chi connectivity index (χ4v) is 3.39. The van der Waals surface area contributed by atoms with Crippen molar-refractivity contribution in [2.75, 3.05) is 18.5 Å². The molecule has 1 heterocycles. The maximum absolute atomic E-state index is 6.13. The zero-order valence-electron chi connectivity index (χ0n) is 12.7. The minimum absolute atomic E-state index is 0.232. The molecule has 0 radical (unpaired) electrons. The predicted molar refractivity (Wildman–Crippen MR) is 97.4 cm³/mol. The predicted octanol–water partition coefficient (Wildman–Crippen LogP) is 4.47. The summed E-state index contributed by atoms with van der Waals surface area (Å²) in [5.74, 6) is 0. The van der Waals surface area contributed by atoms with Crippen molar-refractivity contribution >= 4 is 33.0 Å². The standard InChI is InChI=1S/C17H23BrN2S/c1-3-15(19)11-13-6-7-14(18)12-17(13)20(2)9-8-16-5-4-10-21-16/h4-7,10,12,15H,3,8-9,11,19H2,1-2H3. The maximum atomic E-state index is 6.13. The van der Waals surface area contributed by atoms with Gasteiger partial charge in [-0.1, -0.05) is 35.0 Å². The van der Waals surface area contributed by atoms with Gasteiger partial charge in [0.2, 0.25) is 0 Å². The molecule has 0 aliphatic carbocycles. The molecule has 0 spiro atoms. The van der Waals surface area contributed by atoms with Gasteiger partial charge in [-0.3, -0.25) is 0 Å². The quantitative estimate of drug-likeness (QED) is 0.782. The molecule has 2 rings (SSSR count). The zero-order valence-corrected chi connectivity index (χ0v) is 15.1. The number of anilines is 1. The van der Waals surface area contributed by atoms with Crippen LogP contribution in [0.5, 0.6) is 0 Å². The van der Waals surface area contributed by atoms with Gasteiger partial charge in [0, 0.05) is 34.7 Å². The average molecular weight is 367 g/mol. The van der Waals surface area contributed by atoms with Crippen molar-refractivity contribution in [3.8, 4) is 0 Å². The van der Waals surface area contributed by atoms with Crippen LogP contribution in [-0.4, -0.2) is 19.6 Å². The molecule has 0 aliphatic heterocycles. The third-order valence-corrected chi connectivity index (χ3v) is 5.17. The van der Waals surface area contributed by atoms with E-state index in [0.29, 0.717) is 0 Å². The summed E-state index contributed by atoms with van der Waals surface area (Å²) in [6, 6.07) is 11.0. The van der Waals surface area contributed by atoms with Gasteiger partial charge in [0.1, 0.15) is 0 Å². The van der Waals surface area contributed by atoms with Gasteiger partial charge >= 0.3 is 0 Å². The smallest absolute Gasteiger partial charge is 0.0408 e. The molecule has 1 atom stereocenters. The molecule has 4 heteroatoms. The van der Waals surface area contributed by atoms with Gasteiger partial charge in [0.25, 0.3) is 0 Å². The van der Waals surface area contributed by atoms with E-state index in [9.17, 15) is 0 Å². The number of nitrogens with zero attached hydrogens (tertiary/aromatic N) is 1. The van der Waals surface area contributed by atoms with Crippen LogP contribution in [0.3, 0.4) is 0 Å². The number of benzene rings is 1. The van der Waals surface area contributed by atoms with Crippen molar-refractivity contribution in [3.63, 3.8) is 0 Å². The van der Waals surface area contributed by atoms with Crippen LogP contribution in [0.2, 0.25) is 0 Å². The number of rotatable bonds is 7. The number of likely N-dealkylation sites (N-methyl/N-ethyl adjacent to an activating group) is 1. The van der Waals surface area contributed by atoms with E-state index in [0.717, 1.165) is 30.3 Å². The molecular formula is C17H23BrN2S. The van der Waals surface area contributed by atoms with Gasteiger partial charge in [-0.15, -0.1) is 11.3 Å². The van der Waals surface area contributed by atoms with Crippen LogP contribution >= 0.6 is 27.3 Å². The molecule has 2 nitrogen and oxygen atoms in total. The molecule has 1 aromatic heterocycles. The van der Waals surface area contributed by atoms with E-state index in [1.54, 1.807) is 0 Å². The van der Waals surface area contributed by atoms with Crippen LogP contribution in [-0.2, 0) is 12.8 Å². The molecule has 0 saturated carbocycles. The lowest BCUT2D eigenvalue weighted by molar-refractivity contribution is 0.645. The molecule has 0 fully saturated rings. The van der Waals surface area contributed by atoms with Crippen LogP contribution < -0.4 is 10.6 Å². The molecular weight excluding hydrogens is 344 g/mol. The first-order chi connectivity index (χ1) is 10.1. The maximum Gasteiger partial charge on any atom is 0.0408 e. The van der Waals surface area contributed by atoms with Crippen molar-refractivity contribution in [2.45, 2.75) is 32.2 Å². The third-order valence-electron chi connectivity index (χ3n) is 3.74. The van der Waals surface area contributed by atoms with E-state index in [1.165, 1.54) is 16.1 Å². The zero-order chi connectivity index (χ0) is 15.2. The first-order valence-corrected chi connectivity index (χ1v) is 9.05. The second-order valence-electron chi connectivity index (χ2n) is 5.40. The normalized spacial score (nSPS) is 12.4. The lowest BCUT2D eigenvalue weighted by atomic mass is 10.0. The lowest BCUT2D eigenvalue weighted by Gasteiger charge is -2.24. The highest BCUT2D eigenvalue weighted by Gasteiger charge is 2.11. The van der Waals surface area contributed by atoms with E-state index < -0.39 is 0 Å². The summed E-state index contributed by atoms with van der Waals surface area (Å²) in [6.07, 6.45) is 3.02. The van der Waals surface area contributed by atoms with Crippen molar-refractivity contribution in [2.24, 2.45) is 5.73 Å². The highest BCUT2D eigenvalue weighted by molar-refractivity contribution is 9.10. The Bertz CT molecular complexity index is 554. The van der Waals surface area contributed by atoms with Crippen LogP contribution in [0.1, 0.15) is 23.8 Å². The largest absolute Gasteiger partial charge is 0.374 e. The van der Waals surface area contributed by atoms with E-state index in [4.69, 9.17) is 5.73 Å². The van der Waals surface area contributed by atoms with Gasteiger partial charge in [0.05, 0.1) is 0 Å². The molecule has 1 aromatic carbocycles. The summed E-state index contributed by atoms with van der Waals surface area (Å²) in [5.41, 5.74) is 8.75. The minimum atomic E-state index is 0.232. The highest BCUT2D eigenvalue weighted by Crippen LogP contribution is 2.26. The molecule has 2 N–H and O–H groups in total. The van der Waals surface area contributed by atoms with Crippen molar-refractivity contribution in [3.05, 3.63) is 50.6 Å². The van der Waals surface area contributed by atoms with Crippen molar-refractivity contribution < 1.29 is 0 Å². The lowest BCUT2D eigenvalue weighted by Crippen LogP contribution is -2.25. The Kier molecular flexibility index (Phi) is 6.27. The van der Waals surface area contributed by atoms with Crippen LogP contribution in [0.4, 0.5) is 5.69 Å². The number of halogens is 1. The van der Waals surface area contributed by atoms with Crippen molar-refractivity contribution in [1.29, 1.82) is 0 Å². The van der Waals surface area contributed by atoms with Crippen LogP contribution in [0.25, 0.3) is 0 Å². The molecule has 0 aliphatic rings. The van der Waals surface area contributed by atoms with E-state index in [1.807, 2.05) is 11.3 Å². The first kappa shape index (κ1) is 16.5. The Morgan fingerprint density at radius 1 is 1.33 bits per heavy atom. The summed E-state index contributed by atoms with van der Waals surface area (Å²) >= 11 is 5.41. The number of hydrogen-bond acceptors (Lipinski definition) is 3. The summed E-state index contributed by atoms with van der Waals surface area (Å²) in [5, 5.41) is 2.14. The fourth-order valence-electron chi connectivity index (χ4n) is 2.34. The molecule has 114 valence electrons. The summed E-state index contributed by atoms with van der Waals surface area (Å²) in [7, 11) is 2.16. The van der Waals surface area contributed by atoms with Gasteiger partial charge in [-0.25, -0.2) is 0 Å². The van der Waals surface area contributed by atoms with E-state index in [-0.39, 0.29) is 6.04 Å². The highest BCUT2D eigenvalue weighted by atomic mass is 79.9. The van der Waals surface area contributed by atoms with Crippen LogP contribution in [0, 0.1) is 0 Å². The monoisotopic (exact) mass is 366 g/mol. The molecule has 0 bridgehead atoms. The van der Waals surface area contributed by atoms with Gasteiger partial charge in [-0.05, 0) is 48.4 Å². The molecule has 2 aromatic rings. The summed E-state index contributed by atoms with van der Waals surface area (Å²) in [6.45, 7) is 3.16. The number of nitrogens with two attached hydrogens (primary N) is 1. The number of hydrogen-bond donors (Lipinski definition) is 1. The van der Waals surface area contributed by atoms with E-state index in [2.05, 4.69) is 70.5 Å². The van der Waals surface area contributed by atoms with Gasteiger partial charge in [-0.2, -0.15) is 0 Å². The summed E-state index contributed by atoms with van der Waals surface area (Å²) < 4.78 is 1.12. The molecule has 21 heavy (non-hydrogen) atoms. The van der Waals surface area contributed by atoms with E-state index >= 15 is 0 Å². The minimum Gasteiger partial charge on any atom is -0.374 e. The van der Waals surface area contributed by atoms with Crippen LogP contribution in [0.15, 0.2) is 40.2 Å². The van der Waals surface area contributed by atoms with Gasteiger partial charge in [0.15, 0.2) is 0 Å². The molecule has 0 amide bonds. The average Bonchev–Trinajstić information content (AvgIpc) is 2.99. The Morgan fingerprint density at radius 3 is 2.81 bits per heavy atom. The topological polar surface area (TPSA) is 29.3 Å².